The standard InChI is InChI=1S/C14H10ClN3O4/c15-8-3-1-7(2-4-8)5-9-12(19)17-11-10(14(21)22)6-16-18(11)13(9)20/h1-4,6,20H,5H2,(H,17,19)(H,21,22). The topological polar surface area (TPSA) is 108 Å². The second-order valence-corrected chi connectivity index (χ2v) is 5.12. The highest BCUT2D eigenvalue weighted by molar-refractivity contribution is 6.30. The summed E-state index contributed by atoms with van der Waals surface area (Å²) in [5.41, 5.74) is 0.0493. The smallest absolute Gasteiger partial charge is 0.341 e. The van der Waals surface area contributed by atoms with Crippen LogP contribution in [-0.2, 0) is 6.42 Å². The number of aromatic nitrogens is 3. The van der Waals surface area contributed by atoms with Crippen LogP contribution in [-0.4, -0.2) is 30.8 Å². The molecule has 0 aliphatic rings. The van der Waals surface area contributed by atoms with Crippen molar-refractivity contribution < 1.29 is 15.0 Å². The number of halogens is 1. The average Bonchev–Trinajstić information content (AvgIpc) is 2.89. The fourth-order valence-electron chi connectivity index (χ4n) is 2.16. The van der Waals surface area contributed by atoms with E-state index in [0.717, 1.165) is 16.3 Å². The van der Waals surface area contributed by atoms with Crippen LogP contribution in [0.4, 0.5) is 0 Å². The van der Waals surface area contributed by atoms with Crippen molar-refractivity contribution in [2.75, 3.05) is 0 Å². The van der Waals surface area contributed by atoms with Gasteiger partial charge in [-0.3, -0.25) is 4.79 Å². The zero-order valence-electron chi connectivity index (χ0n) is 11.1. The molecule has 0 unspecified atom stereocenters. The number of aromatic carboxylic acids is 1. The Bertz CT molecular complexity index is 928. The molecule has 1 aromatic carbocycles. The summed E-state index contributed by atoms with van der Waals surface area (Å²) in [7, 11) is 0. The van der Waals surface area contributed by atoms with E-state index in [9.17, 15) is 14.7 Å². The van der Waals surface area contributed by atoms with Crippen molar-refractivity contribution >= 4 is 23.2 Å². The zero-order valence-corrected chi connectivity index (χ0v) is 11.8. The molecular formula is C14H10ClN3O4. The van der Waals surface area contributed by atoms with Gasteiger partial charge in [-0.1, -0.05) is 23.7 Å². The highest BCUT2D eigenvalue weighted by atomic mass is 35.5. The second-order valence-electron chi connectivity index (χ2n) is 4.68. The summed E-state index contributed by atoms with van der Waals surface area (Å²) < 4.78 is 0.996. The van der Waals surface area contributed by atoms with Crippen LogP contribution >= 0.6 is 11.6 Å². The Labute approximate surface area is 128 Å². The quantitative estimate of drug-likeness (QED) is 0.680. The molecule has 2 aromatic heterocycles. The minimum Gasteiger partial charge on any atom is -0.493 e. The number of fused-ring (bicyclic) bond motifs is 1. The summed E-state index contributed by atoms with van der Waals surface area (Å²) in [6.45, 7) is 0. The van der Waals surface area contributed by atoms with Gasteiger partial charge in [0.2, 0.25) is 5.88 Å². The van der Waals surface area contributed by atoms with Crippen LogP contribution in [0.5, 0.6) is 5.88 Å². The third-order valence-corrected chi connectivity index (χ3v) is 3.52. The Balaban J connectivity index is 2.13. The maximum absolute atomic E-state index is 12.1. The molecule has 3 N–H and O–H groups in total. The third-order valence-electron chi connectivity index (χ3n) is 3.27. The van der Waals surface area contributed by atoms with Crippen LogP contribution in [0.25, 0.3) is 5.65 Å². The van der Waals surface area contributed by atoms with Gasteiger partial charge in [0.25, 0.3) is 5.56 Å². The lowest BCUT2D eigenvalue weighted by molar-refractivity contribution is 0.0698. The lowest BCUT2D eigenvalue weighted by atomic mass is 10.1. The minimum absolute atomic E-state index is 0.0603. The van der Waals surface area contributed by atoms with E-state index in [1.807, 2.05) is 0 Å². The molecule has 0 aliphatic carbocycles. The maximum atomic E-state index is 12.1. The van der Waals surface area contributed by atoms with Crippen LogP contribution in [0, 0.1) is 0 Å². The zero-order chi connectivity index (χ0) is 15.9. The third kappa shape index (κ3) is 2.31. The molecule has 22 heavy (non-hydrogen) atoms. The number of carboxylic acids is 1. The number of nitrogens with zero attached hydrogens (tertiary/aromatic N) is 2. The van der Waals surface area contributed by atoms with Crippen molar-refractivity contribution in [3.8, 4) is 5.88 Å². The van der Waals surface area contributed by atoms with Gasteiger partial charge in [-0.25, -0.2) is 4.79 Å². The van der Waals surface area contributed by atoms with Gasteiger partial charge in [0.1, 0.15) is 5.56 Å². The number of nitrogens with one attached hydrogen (secondary N) is 1. The second kappa shape index (κ2) is 5.19. The van der Waals surface area contributed by atoms with E-state index < -0.39 is 11.5 Å². The first-order chi connectivity index (χ1) is 10.5. The van der Waals surface area contributed by atoms with Crippen molar-refractivity contribution in [2.24, 2.45) is 0 Å². The van der Waals surface area contributed by atoms with E-state index in [2.05, 4.69) is 10.1 Å². The molecule has 2 heterocycles. The molecule has 0 atom stereocenters. The van der Waals surface area contributed by atoms with Crippen LogP contribution < -0.4 is 5.56 Å². The SMILES string of the molecule is O=C(O)c1cnn2c(O)c(Cc3ccc(Cl)cc3)c(=O)[nH]c12. The minimum atomic E-state index is -1.24. The van der Waals surface area contributed by atoms with E-state index in [1.54, 1.807) is 24.3 Å². The van der Waals surface area contributed by atoms with Crippen LogP contribution in [0.2, 0.25) is 5.02 Å². The van der Waals surface area contributed by atoms with Crippen LogP contribution in [0.1, 0.15) is 21.5 Å². The molecular weight excluding hydrogens is 310 g/mol. The first-order valence-electron chi connectivity index (χ1n) is 6.27. The molecule has 3 aromatic rings. The molecule has 0 fully saturated rings. The van der Waals surface area contributed by atoms with Gasteiger partial charge in [0.05, 0.1) is 11.8 Å². The van der Waals surface area contributed by atoms with Gasteiger partial charge >= 0.3 is 5.97 Å². The predicted molar refractivity (Wildman–Crippen MR) is 78.7 cm³/mol. The molecule has 3 rings (SSSR count). The van der Waals surface area contributed by atoms with Crippen molar-refractivity contribution in [3.05, 3.63) is 62.5 Å². The fraction of sp³-hybridized carbons (Fsp3) is 0.0714. The van der Waals surface area contributed by atoms with E-state index in [4.69, 9.17) is 16.7 Å². The first-order valence-corrected chi connectivity index (χ1v) is 6.64. The number of hydrogen-bond acceptors (Lipinski definition) is 4. The summed E-state index contributed by atoms with van der Waals surface area (Å²) in [5, 5.41) is 23.6. The summed E-state index contributed by atoms with van der Waals surface area (Å²) in [4.78, 5) is 25.6. The van der Waals surface area contributed by atoms with Crippen molar-refractivity contribution in [2.45, 2.75) is 6.42 Å². The number of rotatable bonds is 3. The Hall–Kier alpha value is -2.80. The van der Waals surface area contributed by atoms with E-state index >= 15 is 0 Å². The highest BCUT2D eigenvalue weighted by Crippen LogP contribution is 2.20. The average molecular weight is 320 g/mol. The molecule has 0 saturated heterocycles. The largest absolute Gasteiger partial charge is 0.493 e. The van der Waals surface area contributed by atoms with Gasteiger partial charge in [0, 0.05) is 11.4 Å². The Morgan fingerprint density at radius 3 is 2.64 bits per heavy atom. The van der Waals surface area contributed by atoms with Gasteiger partial charge < -0.3 is 15.2 Å². The Morgan fingerprint density at radius 2 is 2.00 bits per heavy atom. The van der Waals surface area contributed by atoms with Crippen LogP contribution in [0.15, 0.2) is 35.3 Å². The molecule has 112 valence electrons. The van der Waals surface area contributed by atoms with Crippen molar-refractivity contribution in [3.63, 3.8) is 0 Å². The summed E-state index contributed by atoms with van der Waals surface area (Å²) >= 11 is 5.80. The molecule has 7 nitrogen and oxygen atoms in total. The number of aromatic hydroxyl groups is 1. The molecule has 0 bridgehead atoms. The lowest BCUT2D eigenvalue weighted by Crippen LogP contribution is -2.17. The van der Waals surface area contributed by atoms with Crippen LogP contribution in [0.3, 0.4) is 0 Å². The normalized spacial score (nSPS) is 11.0. The van der Waals surface area contributed by atoms with E-state index in [1.165, 1.54) is 0 Å². The number of H-pyrrole nitrogens is 1. The van der Waals surface area contributed by atoms with Gasteiger partial charge in [-0.15, -0.1) is 0 Å². The van der Waals surface area contributed by atoms with Crippen molar-refractivity contribution in [1.82, 2.24) is 14.6 Å². The van der Waals surface area contributed by atoms with Crippen molar-refractivity contribution in [1.29, 1.82) is 0 Å². The van der Waals surface area contributed by atoms with E-state index in [-0.39, 0.29) is 29.1 Å². The first kappa shape index (κ1) is 14.2. The summed E-state index contributed by atoms with van der Waals surface area (Å²) in [5.74, 6) is -1.63. The molecule has 0 amide bonds. The molecule has 0 aliphatic heterocycles. The number of benzene rings is 1. The Kier molecular flexibility index (Phi) is 3.34. The molecule has 0 saturated carbocycles. The van der Waals surface area contributed by atoms with E-state index in [0.29, 0.717) is 5.02 Å². The van der Waals surface area contributed by atoms with Gasteiger partial charge in [-0.05, 0) is 17.7 Å². The number of aromatic amines is 1. The highest BCUT2D eigenvalue weighted by Gasteiger charge is 2.18. The van der Waals surface area contributed by atoms with Gasteiger partial charge in [0.15, 0.2) is 5.65 Å². The number of hydrogen-bond donors (Lipinski definition) is 3. The molecule has 0 spiro atoms. The number of carbonyl (C=O) groups is 1. The van der Waals surface area contributed by atoms with Gasteiger partial charge in [-0.2, -0.15) is 9.61 Å². The predicted octanol–water partition coefficient (Wildman–Crippen LogP) is 1.67. The summed E-state index contributed by atoms with van der Waals surface area (Å²) in [6.07, 6.45) is 1.23. The fourth-order valence-corrected chi connectivity index (χ4v) is 2.29. The molecule has 8 heteroatoms. The number of carboxylic acid groups (broad SMARTS) is 1. The molecule has 0 radical (unpaired) electrons. The maximum Gasteiger partial charge on any atom is 0.341 e. The lowest BCUT2D eigenvalue weighted by Gasteiger charge is -2.06. The summed E-state index contributed by atoms with van der Waals surface area (Å²) in [6, 6.07) is 6.82. The Morgan fingerprint density at radius 1 is 1.32 bits per heavy atom. The monoisotopic (exact) mass is 319 g/mol.